The lowest BCUT2D eigenvalue weighted by molar-refractivity contribution is 0.0941. The number of aliphatic hydroxyl groups excluding tert-OH is 1. The summed E-state index contributed by atoms with van der Waals surface area (Å²) >= 11 is 7.58. The van der Waals surface area contributed by atoms with Crippen molar-refractivity contribution >= 4 is 28.8 Å². The maximum atomic E-state index is 12.0. The van der Waals surface area contributed by atoms with Gasteiger partial charge < -0.3 is 10.4 Å². The van der Waals surface area contributed by atoms with Gasteiger partial charge in [-0.2, -0.15) is 0 Å². The number of carbonyl (C=O) groups is 1. The fourth-order valence-corrected chi connectivity index (χ4v) is 2.90. The molecule has 0 aliphatic carbocycles. The normalized spacial score (nSPS) is 10.5. The molecule has 1 heterocycles. The van der Waals surface area contributed by atoms with Crippen LogP contribution in [-0.2, 0) is 0 Å². The molecule has 1 aromatic carbocycles. The van der Waals surface area contributed by atoms with Gasteiger partial charge in [0.15, 0.2) is 0 Å². The van der Waals surface area contributed by atoms with Crippen LogP contribution in [0.1, 0.15) is 15.5 Å². The number of hydrogen-bond donors (Lipinski definition) is 2. The zero-order valence-electron chi connectivity index (χ0n) is 10.3. The lowest BCUT2D eigenvalue weighted by atomic mass is 10.1. The predicted molar refractivity (Wildman–Crippen MR) is 76.7 cm³/mol. The summed E-state index contributed by atoms with van der Waals surface area (Å²) in [6.45, 7) is 1.95. The van der Waals surface area contributed by atoms with Crippen LogP contribution in [0.5, 0.6) is 0 Å². The summed E-state index contributed by atoms with van der Waals surface area (Å²) in [6, 6.07) is 7.34. The molecule has 2 rings (SSSR count). The highest BCUT2D eigenvalue weighted by Crippen LogP contribution is 2.34. The van der Waals surface area contributed by atoms with Crippen LogP contribution in [0, 0.1) is 6.92 Å². The number of amides is 1. The maximum absolute atomic E-state index is 12.0. The van der Waals surface area contributed by atoms with Gasteiger partial charge in [0, 0.05) is 17.1 Å². The maximum Gasteiger partial charge on any atom is 0.271 e. The van der Waals surface area contributed by atoms with Crippen molar-refractivity contribution in [3.8, 4) is 10.4 Å². The van der Waals surface area contributed by atoms with Crippen LogP contribution in [0.4, 0.5) is 0 Å². The minimum absolute atomic E-state index is 0.101. The zero-order chi connectivity index (χ0) is 13.8. The fourth-order valence-electron chi connectivity index (χ4n) is 1.66. The Morgan fingerprint density at radius 2 is 2.21 bits per heavy atom. The third kappa shape index (κ3) is 3.12. The first-order valence-corrected chi connectivity index (χ1v) is 6.94. The molecule has 1 amide bonds. The number of carbonyl (C=O) groups excluding carboxylic acids is 1. The van der Waals surface area contributed by atoms with E-state index in [2.05, 4.69) is 10.3 Å². The molecule has 100 valence electrons. The van der Waals surface area contributed by atoms with Crippen LogP contribution >= 0.6 is 22.9 Å². The summed E-state index contributed by atoms with van der Waals surface area (Å²) in [4.78, 5) is 17.0. The quantitative estimate of drug-likeness (QED) is 0.911. The molecule has 19 heavy (non-hydrogen) atoms. The Balaban J connectivity index is 2.42. The Labute approximate surface area is 120 Å². The fraction of sp³-hybridized carbons (Fsp3) is 0.231. The van der Waals surface area contributed by atoms with E-state index in [1.807, 2.05) is 25.1 Å². The van der Waals surface area contributed by atoms with E-state index in [1.54, 1.807) is 6.07 Å². The van der Waals surface area contributed by atoms with Crippen molar-refractivity contribution in [1.82, 2.24) is 10.3 Å². The minimum atomic E-state index is -0.298. The molecule has 0 aliphatic heterocycles. The number of aliphatic hydroxyl groups is 1. The average molecular weight is 297 g/mol. The third-order valence-electron chi connectivity index (χ3n) is 2.47. The minimum Gasteiger partial charge on any atom is -0.395 e. The summed E-state index contributed by atoms with van der Waals surface area (Å²) in [7, 11) is 0. The summed E-state index contributed by atoms with van der Waals surface area (Å²) in [5, 5.41) is 12.7. The van der Waals surface area contributed by atoms with E-state index >= 15 is 0 Å². The van der Waals surface area contributed by atoms with Crippen molar-refractivity contribution < 1.29 is 9.90 Å². The molecule has 0 fully saturated rings. The first kappa shape index (κ1) is 14.0. The molecule has 2 N–H and O–H groups in total. The van der Waals surface area contributed by atoms with Crippen LogP contribution in [0.25, 0.3) is 10.4 Å². The molecule has 0 bridgehead atoms. The summed E-state index contributed by atoms with van der Waals surface area (Å²) in [5.41, 5.74) is 1.15. The molecule has 0 unspecified atom stereocenters. The second-order valence-corrected chi connectivity index (χ2v) is 5.48. The van der Waals surface area contributed by atoms with E-state index in [9.17, 15) is 4.79 Å². The molecule has 0 radical (unpaired) electrons. The van der Waals surface area contributed by atoms with Crippen molar-refractivity contribution in [2.75, 3.05) is 13.2 Å². The van der Waals surface area contributed by atoms with E-state index in [0.29, 0.717) is 10.7 Å². The van der Waals surface area contributed by atoms with Gasteiger partial charge in [-0.25, -0.2) is 4.98 Å². The SMILES string of the molecule is Cc1nc(C(=O)NCCO)c(-c2ccccc2Cl)s1. The van der Waals surface area contributed by atoms with Gasteiger partial charge in [-0.15, -0.1) is 11.3 Å². The van der Waals surface area contributed by atoms with Gasteiger partial charge in [-0.1, -0.05) is 29.8 Å². The van der Waals surface area contributed by atoms with E-state index in [4.69, 9.17) is 16.7 Å². The zero-order valence-corrected chi connectivity index (χ0v) is 11.9. The second-order valence-electron chi connectivity index (χ2n) is 3.87. The number of aromatic nitrogens is 1. The van der Waals surface area contributed by atoms with Crippen LogP contribution in [-0.4, -0.2) is 29.1 Å². The van der Waals surface area contributed by atoms with Crippen molar-refractivity contribution in [3.05, 3.63) is 40.0 Å². The molecule has 0 saturated heterocycles. The van der Waals surface area contributed by atoms with Crippen LogP contribution in [0.3, 0.4) is 0 Å². The van der Waals surface area contributed by atoms with E-state index in [1.165, 1.54) is 11.3 Å². The van der Waals surface area contributed by atoms with E-state index < -0.39 is 0 Å². The number of rotatable bonds is 4. The first-order valence-electron chi connectivity index (χ1n) is 5.75. The van der Waals surface area contributed by atoms with Crippen molar-refractivity contribution in [1.29, 1.82) is 0 Å². The molecular formula is C13H13ClN2O2S. The van der Waals surface area contributed by atoms with Gasteiger partial charge >= 0.3 is 0 Å². The van der Waals surface area contributed by atoms with Gasteiger partial charge in [-0.05, 0) is 13.0 Å². The summed E-state index contributed by atoms with van der Waals surface area (Å²) in [5.74, 6) is -0.298. The molecule has 0 atom stereocenters. The number of nitrogens with zero attached hydrogens (tertiary/aromatic N) is 1. The highest BCUT2D eigenvalue weighted by atomic mass is 35.5. The number of thiazole rings is 1. The van der Waals surface area contributed by atoms with E-state index in [-0.39, 0.29) is 19.1 Å². The Morgan fingerprint density at radius 3 is 2.89 bits per heavy atom. The third-order valence-corrected chi connectivity index (χ3v) is 3.80. The molecule has 0 aliphatic rings. The first-order chi connectivity index (χ1) is 9.13. The van der Waals surface area contributed by atoms with Crippen LogP contribution in [0.15, 0.2) is 24.3 Å². The predicted octanol–water partition coefficient (Wildman–Crippen LogP) is 2.49. The molecule has 2 aromatic rings. The average Bonchev–Trinajstić information content (AvgIpc) is 2.78. The highest BCUT2D eigenvalue weighted by molar-refractivity contribution is 7.15. The lowest BCUT2D eigenvalue weighted by Gasteiger charge is -2.05. The molecule has 6 heteroatoms. The Bertz CT molecular complexity index is 598. The van der Waals surface area contributed by atoms with Gasteiger partial charge in [0.25, 0.3) is 5.91 Å². The largest absolute Gasteiger partial charge is 0.395 e. The summed E-state index contributed by atoms with van der Waals surface area (Å²) < 4.78 is 0. The van der Waals surface area contributed by atoms with Gasteiger partial charge in [0.1, 0.15) is 5.69 Å². The molecular weight excluding hydrogens is 284 g/mol. The monoisotopic (exact) mass is 296 g/mol. The number of hydrogen-bond acceptors (Lipinski definition) is 4. The Morgan fingerprint density at radius 1 is 1.47 bits per heavy atom. The molecule has 4 nitrogen and oxygen atoms in total. The number of aryl methyl sites for hydroxylation is 1. The Kier molecular flexibility index (Phi) is 4.52. The lowest BCUT2D eigenvalue weighted by Crippen LogP contribution is -2.27. The number of halogens is 1. The Hall–Kier alpha value is -1.43. The van der Waals surface area contributed by atoms with Gasteiger partial charge in [0.2, 0.25) is 0 Å². The standard InChI is InChI=1S/C13H13ClN2O2S/c1-8-16-11(13(18)15-6-7-17)12(19-8)9-4-2-3-5-10(9)14/h2-5,17H,6-7H2,1H3,(H,15,18). The van der Waals surface area contributed by atoms with Crippen molar-refractivity contribution in [2.24, 2.45) is 0 Å². The highest BCUT2D eigenvalue weighted by Gasteiger charge is 2.19. The smallest absolute Gasteiger partial charge is 0.271 e. The van der Waals surface area contributed by atoms with E-state index in [0.717, 1.165) is 15.4 Å². The molecule has 1 aromatic heterocycles. The van der Waals surface area contributed by atoms with Crippen LogP contribution < -0.4 is 5.32 Å². The van der Waals surface area contributed by atoms with Gasteiger partial charge in [-0.3, -0.25) is 4.79 Å². The van der Waals surface area contributed by atoms with Crippen LogP contribution in [0.2, 0.25) is 5.02 Å². The summed E-state index contributed by atoms with van der Waals surface area (Å²) in [6.07, 6.45) is 0. The van der Waals surface area contributed by atoms with Gasteiger partial charge in [0.05, 0.1) is 16.5 Å². The number of nitrogens with one attached hydrogen (secondary N) is 1. The molecule has 0 saturated carbocycles. The number of benzene rings is 1. The van der Waals surface area contributed by atoms with Crippen molar-refractivity contribution in [3.63, 3.8) is 0 Å². The topological polar surface area (TPSA) is 62.2 Å². The molecule has 0 spiro atoms. The second kappa shape index (κ2) is 6.14. The van der Waals surface area contributed by atoms with Crippen molar-refractivity contribution in [2.45, 2.75) is 6.92 Å².